The highest BCUT2D eigenvalue weighted by Gasteiger charge is 2.44. The number of hydrogen-bond donors (Lipinski definition) is 4. The number of aromatic nitrogens is 4. The van der Waals surface area contributed by atoms with E-state index in [1.54, 1.807) is 6.20 Å². The Morgan fingerprint density at radius 1 is 1.36 bits per heavy atom. The van der Waals surface area contributed by atoms with Crippen molar-refractivity contribution in [3.05, 3.63) is 6.20 Å². The van der Waals surface area contributed by atoms with Crippen molar-refractivity contribution in [3.63, 3.8) is 0 Å². The summed E-state index contributed by atoms with van der Waals surface area (Å²) in [4.78, 5) is 10.5. The highest BCUT2D eigenvalue weighted by Crippen LogP contribution is 2.31. The number of nitrogens with two attached hydrogens (primary N) is 1. The van der Waals surface area contributed by atoms with E-state index in [9.17, 15) is 8.42 Å². The van der Waals surface area contributed by atoms with E-state index in [1.165, 1.54) is 0 Å². The topological polar surface area (TPSA) is 142 Å². The summed E-state index contributed by atoms with van der Waals surface area (Å²) < 4.78 is 28.6. The van der Waals surface area contributed by atoms with Crippen LogP contribution in [0.3, 0.4) is 0 Å². The summed E-state index contributed by atoms with van der Waals surface area (Å²) in [6, 6.07) is 0. The van der Waals surface area contributed by atoms with Gasteiger partial charge in [0.2, 0.25) is 5.95 Å². The summed E-state index contributed by atoms with van der Waals surface area (Å²) in [7, 11) is -3.40. The minimum absolute atomic E-state index is 0.163. The van der Waals surface area contributed by atoms with E-state index in [0.29, 0.717) is 24.6 Å². The molecule has 0 amide bonds. The number of aromatic amines is 1. The average Bonchev–Trinajstić information content (AvgIpc) is 3.02. The van der Waals surface area contributed by atoms with Crippen LogP contribution in [0.4, 0.5) is 11.8 Å². The maximum atomic E-state index is 11.7. The molecule has 2 fully saturated rings. The number of anilines is 2. The average molecular weight is 324 g/mol. The molecule has 0 saturated carbocycles. The minimum atomic E-state index is -3.40. The summed E-state index contributed by atoms with van der Waals surface area (Å²) in [5.74, 6) is 0.845. The fourth-order valence-electron chi connectivity index (χ4n) is 3.21. The van der Waals surface area contributed by atoms with Crippen LogP contribution in [-0.2, 0) is 10.2 Å². The van der Waals surface area contributed by atoms with Crippen molar-refractivity contribution < 1.29 is 8.42 Å². The van der Waals surface area contributed by atoms with Crippen LogP contribution < -0.4 is 20.1 Å². The van der Waals surface area contributed by atoms with Crippen LogP contribution >= 0.6 is 0 Å². The summed E-state index contributed by atoms with van der Waals surface area (Å²) in [6.45, 7) is 1.68. The molecule has 10 nitrogen and oxygen atoms in total. The van der Waals surface area contributed by atoms with E-state index in [4.69, 9.17) is 5.73 Å². The summed E-state index contributed by atoms with van der Waals surface area (Å²) >= 11 is 0. The van der Waals surface area contributed by atoms with Gasteiger partial charge in [-0.1, -0.05) is 0 Å². The smallest absolute Gasteiger partial charge is 0.277 e. The van der Waals surface area contributed by atoms with Crippen molar-refractivity contribution >= 4 is 33.0 Å². The van der Waals surface area contributed by atoms with Gasteiger partial charge in [0.05, 0.1) is 17.1 Å². The second kappa shape index (κ2) is 4.51. The zero-order chi connectivity index (χ0) is 15.4. The fraction of sp³-hybridized carbons (Fsp3) is 0.545. The van der Waals surface area contributed by atoms with Gasteiger partial charge in [-0.25, -0.2) is 4.72 Å². The molecule has 4 rings (SSSR count). The Kier molecular flexibility index (Phi) is 2.80. The van der Waals surface area contributed by atoms with Gasteiger partial charge >= 0.3 is 0 Å². The fourth-order valence-corrected chi connectivity index (χ4v) is 4.56. The lowest BCUT2D eigenvalue weighted by molar-refractivity contribution is 0.336. The van der Waals surface area contributed by atoms with Gasteiger partial charge in [-0.2, -0.15) is 28.2 Å². The van der Waals surface area contributed by atoms with Crippen molar-refractivity contribution in [2.45, 2.75) is 18.4 Å². The van der Waals surface area contributed by atoms with Gasteiger partial charge in [-0.05, 0) is 12.8 Å². The quantitative estimate of drug-likeness (QED) is 0.511. The third-order valence-electron chi connectivity index (χ3n) is 4.13. The van der Waals surface area contributed by atoms with Gasteiger partial charge in [0.1, 0.15) is 5.82 Å². The van der Waals surface area contributed by atoms with Gasteiger partial charge in [0.15, 0.2) is 5.65 Å². The summed E-state index contributed by atoms with van der Waals surface area (Å²) in [5, 5.41) is 7.54. The molecule has 2 aliphatic rings. The first-order valence-corrected chi connectivity index (χ1v) is 8.45. The summed E-state index contributed by atoms with van der Waals surface area (Å²) in [6.07, 6.45) is 3.29. The molecule has 2 aromatic heterocycles. The van der Waals surface area contributed by atoms with Crippen LogP contribution in [-0.4, -0.2) is 53.8 Å². The molecular formula is C11H16N8O2S. The van der Waals surface area contributed by atoms with Gasteiger partial charge in [0, 0.05) is 19.6 Å². The molecule has 5 N–H and O–H groups in total. The highest BCUT2D eigenvalue weighted by molar-refractivity contribution is 7.87. The van der Waals surface area contributed by atoms with Crippen LogP contribution in [0.15, 0.2) is 6.20 Å². The molecule has 118 valence electrons. The third kappa shape index (κ3) is 2.17. The van der Waals surface area contributed by atoms with Gasteiger partial charge < -0.3 is 10.6 Å². The van der Waals surface area contributed by atoms with Crippen LogP contribution in [0.5, 0.6) is 0 Å². The molecule has 0 bridgehead atoms. The standard InChI is InChI=1S/C11H16N8O2S/c12-10-15-8-7(4-13-17-8)9(16-10)19-3-1-2-11(6-19)5-14-22(20,21)18-11/h4,14,18H,1-3,5-6H2,(H3,12,13,15,16,17). The van der Waals surface area contributed by atoms with Crippen molar-refractivity contribution in [2.24, 2.45) is 0 Å². The molecule has 2 aliphatic heterocycles. The maximum Gasteiger partial charge on any atom is 0.277 e. The Balaban J connectivity index is 1.72. The van der Waals surface area contributed by atoms with E-state index in [2.05, 4.69) is 29.6 Å². The van der Waals surface area contributed by atoms with E-state index in [-0.39, 0.29) is 5.95 Å². The SMILES string of the molecule is Nc1nc(N2CCCC3(CNS(=O)(=O)N3)C2)c2cn[nH]c2n1. The normalized spacial score (nSPS) is 27.7. The Bertz CT molecular complexity index is 834. The third-order valence-corrected chi connectivity index (χ3v) is 5.36. The lowest BCUT2D eigenvalue weighted by atomic mass is 9.90. The predicted octanol–water partition coefficient (Wildman–Crippen LogP) is -1.29. The molecule has 0 aliphatic carbocycles. The molecule has 22 heavy (non-hydrogen) atoms. The maximum absolute atomic E-state index is 11.7. The minimum Gasteiger partial charge on any atom is -0.368 e. The van der Waals surface area contributed by atoms with Crippen molar-refractivity contribution in [3.8, 4) is 0 Å². The molecule has 0 radical (unpaired) electrons. The lowest BCUT2D eigenvalue weighted by Gasteiger charge is -2.39. The molecule has 0 aromatic carbocycles. The van der Waals surface area contributed by atoms with Crippen molar-refractivity contribution in [1.29, 1.82) is 0 Å². The monoisotopic (exact) mass is 324 g/mol. The molecule has 2 saturated heterocycles. The first-order valence-electron chi connectivity index (χ1n) is 6.97. The number of rotatable bonds is 1. The Morgan fingerprint density at radius 2 is 2.23 bits per heavy atom. The Labute approximate surface area is 126 Å². The number of nitrogens with one attached hydrogen (secondary N) is 3. The second-order valence-corrected chi connectivity index (χ2v) is 7.27. The molecule has 2 aromatic rings. The van der Waals surface area contributed by atoms with Crippen molar-refractivity contribution in [2.75, 3.05) is 30.3 Å². The van der Waals surface area contributed by atoms with Crippen LogP contribution in [0.1, 0.15) is 12.8 Å². The second-order valence-electron chi connectivity index (χ2n) is 5.77. The summed E-state index contributed by atoms with van der Waals surface area (Å²) in [5.41, 5.74) is 5.83. The van der Waals surface area contributed by atoms with Gasteiger partial charge in [-0.15, -0.1) is 0 Å². The van der Waals surface area contributed by atoms with Crippen LogP contribution in [0.2, 0.25) is 0 Å². The number of fused-ring (bicyclic) bond motifs is 1. The largest absolute Gasteiger partial charge is 0.368 e. The number of nitrogen functional groups attached to an aromatic ring is 1. The molecule has 11 heteroatoms. The molecule has 1 spiro atoms. The first-order chi connectivity index (χ1) is 10.5. The number of piperidine rings is 1. The van der Waals surface area contributed by atoms with E-state index in [0.717, 1.165) is 24.8 Å². The van der Waals surface area contributed by atoms with Crippen LogP contribution in [0, 0.1) is 0 Å². The molecule has 1 unspecified atom stereocenters. The lowest BCUT2D eigenvalue weighted by Crippen LogP contribution is -2.56. The number of nitrogens with zero attached hydrogens (tertiary/aromatic N) is 4. The highest BCUT2D eigenvalue weighted by atomic mass is 32.2. The predicted molar refractivity (Wildman–Crippen MR) is 80.3 cm³/mol. The molecular weight excluding hydrogens is 308 g/mol. The van der Waals surface area contributed by atoms with E-state index in [1.807, 2.05) is 4.90 Å². The van der Waals surface area contributed by atoms with Gasteiger partial charge in [0.25, 0.3) is 10.2 Å². The zero-order valence-corrected chi connectivity index (χ0v) is 12.5. The van der Waals surface area contributed by atoms with Crippen molar-refractivity contribution in [1.82, 2.24) is 29.6 Å². The van der Waals surface area contributed by atoms with E-state index >= 15 is 0 Å². The number of hydrogen-bond acceptors (Lipinski definition) is 7. The Hall–Kier alpha value is -1.98. The van der Waals surface area contributed by atoms with Gasteiger partial charge in [-0.3, -0.25) is 5.10 Å². The molecule has 4 heterocycles. The zero-order valence-electron chi connectivity index (χ0n) is 11.7. The molecule has 1 atom stereocenters. The van der Waals surface area contributed by atoms with E-state index < -0.39 is 15.7 Å². The Morgan fingerprint density at radius 3 is 3.00 bits per heavy atom. The first kappa shape index (κ1) is 13.7. The number of H-pyrrole nitrogens is 1. The van der Waals surface area contributed by atoms with Crippen LogP contribution in [0.25, 0.3) is 11.0 Å².